The van der Waals surface area contributed by atoms with E-state index in [2.05, 4.69) is 10.1 Å². The van der Waals surface area contributed by atoms with Crippen LogP contribution in [-0.2, 0) is 14.8 Å². The number of benzene rings is 3. The summed E-state index contributed by atoms with van der Waals surface area (Å²) in [6, 6.07) is 18.5. The van der Waals surface area contributed by atoms with E-state index in [0.29, 0.717) is 0 Å². The van der Waals surface area contributed by atoms with Crippen molar-refractivity contribution in [3.63, 3.8) is 0 Å². The van der Waals surface area contributed by atoms with Gasteiger partial charge in [0.25, 0.3) is 15.9 Å². The van der Waals surface area contributed by atoms with Crippen LogP contribution in [0.1, 0.15) is 20.7 Å². The molecule has 3 aromatic carbocycles. The second-order valence-electron chi connectivity index (χ2n) is 6.44. The molecule has 3 rings (SSSR count). The Labute approximate surface area is 185 Å². The summed E-state index contributed by atoms with van der Waals surface area (Å²) in [5.41, 5.74) is 0.699. The fraction of sp³-hybridized carbons (Fsp3) is 0.0909. The molecule has 0 aromatic heterocycles. The van der Waals surface area contributed by atoms with Crippen LogP contribution in [0, 0.1) is 0 Å². The van der Waals surface area contributed by atoms with Gasteiger partial charge < -0.3 is 10.1 Å². The molecule has 0 aliphatic heterocycles. The number of carbonyl (C=O) groups is 2. The molecule has 9 heteroatoms. The van der Waals surface area contributed by atoms with E-state index in [-0.39, 0.29) is 32.4 Å². The molecule has 31 heavy (non-hydrogen) atoms. The minimum atomic E-state index is -3.88. The molecular weight excluding hydrogens is 440 g/mol. The van der Waals surface area contributed by atoms with Gasteiger partial charge in [-0.2, -0.15) is 0 Å². The lowest BCUT2D eigenvalue weighted by Gasteiger charge is -2.22. The van der Waals surface area contributed by atoms with Crippen LogP contribution in [-0.4, -0.2) is 34.5 Å². The van der Waals surface area contributed by atoms with Crippen molar-refractivity contribution >= 4 is 44.9 Å². The molecule has 0 fully saturated rings. The molecular formula is C22H19ClN2O5S. The van der Waals surface area contributed by atoms with Crippen LogP contribution in [0.5, 0.6) is 0 Å². The number of esters is 1. The van der Waals surface area contributed by atoms with E-state index >= 15 is 0 Å². The molecule has 160 valence electrons. The van der Waals surface area contributed by atoms with Crippen LogP contribution in [0.4, 0.5) is 11.4 Å². The van der Waals surface area contributed by atoms with Crippen molar-refractivity contribution in [1.82, 2.24) is 0 Å². The highest BCUT2D eigenvalue weighted by Gasteiger charge is 2.25. The third kappa shape index (κ3) is 4.70. The molecule has 0 unspecified atom stereocenters. The van der Waals surface area contributed by atoms with Gasteiger partial charge in [-0.3, -0.25) is 9.10 Å². The second-order valence-corrected chi connectivity index (χ2v) is 8.82. The Morgan fingerprint density at radius 2 is 1.61 bits per heavy atom. The summed E-state index contributed by atoms with van der Waals surface area (Å²) in [4.78, 5) is 24.9. The Balaban J connectivity index is 1.96. The molecule has 0 aliphatic rings. The van der Waals surface area contributed by atoms with Gasteiger partial charge in [0.1, 0.15) is 0 Å². The van der Waals surface area contributed by atoms with Crippen molar-refractivity contribution in [2.24, 2.45) is 0 Å². The summed E-state index contributed by atoms with van der Waals surface area (Å²) in [7, 11) is -1.27. The summed E-state index contributed by atoms with van der Waals surface area (Å²) in [6.07, 6.45) is 0. The standard InChI is InChI=1S/C22H19ClN2O5S/c1-25(31(28,29)16-8-4-3-5-9-16)20-11-7-6-10-17(20)21(26)24-19-14-15(22(27)30-2)12-13-18(19)23/h3-14H,1-2H3,(H,24,26). The number of nitrogens with one attached hydrogen (secondary N) is 1. The van der Waals surface area contributed by atoms with Crippen molar-refractivity contribution in [1.29, 1.82) is 0 Å². The maximum Gasteiger partial charge on any atom is 0.337 e. The van der Waals surface area contributed by atoms with Gasteiger partial charge in [-0.05, 0) is 42.5 Å². The van der Waals surface area contributed by atoms with E-state index in [0.717, 1.165) is 4.31 Å². The molecule has 1 amide bonds. The molecule has 0 saturated carbocycles. The number of para-hydroxylation sites is 1. The van der Waals surface area contributed by atoms with Gasteiger partial charge in [-0.1, -0.05) is 41.9 Å². The highest BCUT2D eigenvalue weighted by Crippen LogP contribution is 2.28. The van der Waals surface area contributed by atoms with E-state index < -0.39 is 21.9 Å². The fourth-order valence-electron chi connectivity index (χ4n) is 2.88. The van der Waals surface area contributed by atoms with Crippen LogP contribution in [0.15, 0.2) is 77.7 Å². The first-order valence-corrected chi connectivity index (χ1v) is 10.9. The first-order chi connectivity index (χ1) is 14.8. The second kappa shape index (κ2) is 9.20. The maximum atomic E-state index is 13.0. The number of anilines is 2. The third-order valence-electron chi connectivity index (χ3n) is 4.53. The summed E-state index contributed by atoms with van der Waals surface area (Å²) in [5.74, 6) is -1.17. The zero-order valence-electron chi connectivity index (χ0n) is 16.7. The number of rotatable bonds is 6. The van der Waals surface area contributed by atoms with Gasteiger partial charge >= 0.3 is 5.97 Å². The number of sulfonamides is 1. The number of carbonyl (C=O) groups excluding carboxylic acids is 2. The monoisotopic (exact) mass is 458 g/mol. The Hall–Kier alpha value is -3.36. The predicted molar refractivity (Wildman–Crippen MR) is 119 cm³/mol. The van der Waals surface area contributed by atoms with Crippen molar-refractivity contribution in [2.75, 3.05) is 23.8 Å². The highest BCUT2D eigenvalue weighted by atomic mass is 35.5. The Kier molecular flexibility index (Phi) is 6.62. The number of amides is 1. The number of nitrogens with zero attached hydrogens (tertiary/aromatic N) is 1. The zero-order chi connectivity index (χ0) is 22.6. The van der Waals surface area contributed by atoms with Gasteiger partial charge in [0.15, 0.2) is 0 Å². The van der Waals surface area contributed by atoms with Crippen molar-refractivity contribution in [3.8, 4) is 0 Å². The summed E-state index contributed by atoms with van der Waals surface area (Å²) in [6.45, 7) is 0. The Morgan fingerprint density at radius 1 is 0.968 bits per heavy atom. The average Bonchev–Trinajstić information content (AvgIpc) is 2.80. The molecule has 0 radical (unpaired) electrons. The minimum Gasteiger partial charge on any atom is -0.465 e. The normalized spacial score (nSPS) is 10.9. The zero-order valence-corrected chi connectivity index (χ0v) is 18.3. The first kappa shape index (κ1) is 22.3. The van der Waals surface area contributed by atoms with Crippen LogP contribution < -0.4 is 9.62 Å². The lowest BCUT2D eigenvalue weighted by atomic mass is 10.1. The predicted octanol–water partition coefficient (Wildman–Crippen LogP) is 4.20. The molecule has 0 saturated heterocycles. The molecule has 1 N–H and O–H groups in total. The highest BCUT2D eigenvalue weighted by molar-refractivity contribution is 7.92. The molecule has 0 heterocycles. The maximum absolute atomic E-state index is 13.0. The Morgan fingerprint density at radius 3 is 2.29 bits per heavy atom. The minimum absolute atomic E-state index is 0.0986. The van der Waals surface area contributed by atoms with Gasteiger partial charge in [-0.25, -0.2) is 13.2 Å². The molecule has 0 bridgehead atoms. The van der Waals surface area contributed by atoms with Gasteiger partial charge in [0, 0.05) is 7.05 Å². The van der Waals surface area contributed by atoms with Gasteiger partial charge in [0.05, 0.1) is 39.5 Å². The molecule has 0 aliphatic carbocycles. The number of halogens is 1. The van der Waals surface area contributed by atoms with E-state index in [9.17, 15) is 18.0 Å². The van der Waals surface area contributed by atoms with Crippen LogP contribution in [0.3, 0.4) is 0 Å². The van der Waals surface area contributed by atoms with E-state index in [1.54, 1.807) is 30.3 Å². The van der Waals surface area contributed by atoms with Crippen molar-refractivity contribution in [3.05, 3.63) is 88.9 Å². The summed E-state index contributed by atoms with van der Waals surface area (Å²) < 4.78 is 31.7. The Bertz CT molecular complexity index is 1230. The van der Waals surface area contributed by atoms with Crippen LogP contribution >= 0.6 is 11.6 Å². The van der Waals surface area contributed by atoms with E-state index in [1.165, 1.54) is 56.6 Å². The lowest BCUT2D eigenvalue weighted by molar-refractivity contribution is 0.0600. The molecule has 7 nitrogen and oxygen atoms in total. The van der Waals surface area contributed by atoms with Gasteiger partial charge in [0.2, 0.25) is 0 Å². The van der Waals surface area contributed by atoms with Crippen LogP contribution in [0.2, 0.25) is 5.02 Å². The smallest absolute Gasteiger partial charge is 0.337 e. The fourth-order valence-corrected chi connectivity index (χ4v) is 4.28. The largest absolute Gasteiger partial charge is 0.465 e. The SMILES string of the molecule is COC(=O)c1ccc(Cl)c(NC(=O)c2ccccc2N(C)S(=O)(=O)c2ccccc2)c1. The first-order valence-electron chi connectivity index (χ1n) is 9.08. The van der Waals surface area contributed by atoms with Crippen molar-refractivity contribution < 1.29 is 22.7 Å². The molecule has 0 spiro atoms. The average molecular weight is 459 g/mol. The van der Waals surface area contributed by atoms with Crippen LogP contribution in [0.25, 0.3) is 0 Å². The third-order valence-corrected chi connectivity index (χ3v) is 6.64. The number of ether oxygens (including phenoxy) is 1. The number of methoxy groups -OCH3 is 1. The number of hydrogen-bond donors (Lipinski definition) is 1. The van der Waals surface area contributed by atoms with Crippen molar-refractivity contribution in [2.45, 2.75) is 4.90 Å². The van der Waals surface area contributed by atoms with E-state index in [4.69, 9.17) is 11.6 Å². The lowest BCUT2D eigenvalue weighted by Crippen LogP contribution is -2.29. The van der Waals surface area contributed by atoms with Gasteiger partial charge in [-0.15, -0.1) is 0 Å². The number of hydrogen-bond acceptors (Lipinski definition) is 5. The van der Waals surface area contributed by atoms with E-state index in [1.807, 2.05) is 0 Å². The molecule has 3 aromatic rings. The molecule has 0 atom stereocenters. The topological polar surface area (TPSA) is 92.8 Å². The summed E-state index contributed by atoms with van der Waals surface area (Å²) in [5, 5.41) is 2.84. The summed E-state index contributed by atoms with van der Waals surface area (Å²) >= 11 is 6.16. The quantitative estimate of drug-likeness (QED) is 0.559.